The van der Waals surface area contributed by atoms with Crippen LogP contribution >= 0.6 is 0 Å². The zero-order valence-corrected chi connectivity index (χ0v) is 13.0. The summed E-state index contributed by atoms with van der Waals surface area (Å²) in [6.07, 6.45) is 11.7. The van der Waals surface area contributed by atoms with Crippen LogP contribution in [0.3, 0.4) is 0 Å². The summed E-state index contributed by atoms with van der Waals surface area (Å²) in [6.45, 7) is 0. The minimum Gasteiger partial charge on any atom is -0.367 e. The van der Waals surface area contributed by atoms with E-state index in [0.29, 0.717) is 18.0 Å². The van der Waals surface area contributed by atoms with Crippen LogP contribution in [0.5, 0.6) is 0 Å². The Morgan fingerprint density at radius 2 is 2.00 bits per heavy atom. The van der Waals surface area contributed by atoms with Crippen molar-refractivity contribution in [1.29, 1.82) is 0 Å². The van der Waals surface area contributed by atoms with Crippen molar-refractivity contribution in [3.63, 3.8) is 0 Å². The van der Waals surface area contributed by atoms with Gasteiger partial charge in [-0.2, -0.15) is 9.61 Å². The summed E-state index contributed by atoms with van der Waals surface area (Å²) in [5.74, 6) is 1.69. The number of aromatic nitrogens is 3. The van der Waals surface area contributed by atoms with Gasteiger partial charge in [-0.25, -0.2) is 4.98 Å². The summed E-state index contributed by atoms with van der Waals surface area (Å²) in [6, 6.07) is 5.02. The van der Waals surface area contributed by atoms with Crippen molar-refractivity contribution in [1.82, 2.24) is 14.6 Å². The molecular formula is C17H25N5. The van der Waals surface area contributed by atoms with Crippen molar-refractivity contribution in [3.05, 3.63) is 24.0 Å². The van der Waals surface area contributed by atoms with Crippen molar-refractivity contribution >= 4 is 11.5 Å². The van der Waals surface area contributed by atoms with Gasteiger partial charge in [0.2, 0.25) is 0 Å². The predicted molar refractivity (Wildman–Crippen MR) is 88.1 cm³/mol. The Bertz CT molecular complexity index is 644. The van der Waals surface area contributed by atoms with E-state index in [1.165, 1.54) is 37.8 Å². The molecule has 0 saturated heterocycles. The molecule has 4 rings (SSSR count). The highest BCUT2D eigenvalue weighted by Crippen LogP contribution is 2.33. The van der Waals surface area contributed by atoms with E-state index >= 15 is 0 Å². The molecule has 2 aromatic rings. The fourth-order valence-corrected chi connectivity index (χ4v) is 4.00. The third-order valence-electron chi connectivity index (χ3n) is 5.23. The molecule has 0 amide bonds. The summed E-state index contributed by atoms with van der Waals surface area (Å²) < 4.78 is 1.93. The Balaban J connectivity index is 1.64. The molecule has 2 atom stereocenters. The van der Waals surface area contributed by atoms with Gasteiger partial charge in [-0.3, -0.25) is 0 Å². The zero-order valence-electron chi connectivity index (χ0n) is 13.0. The molecule has 118 valence electrons. The summed E-state index contributed by atoms with van der Waals surface area (Å²) in [4.78, 5) is 4.84. The van der Waals surface area contributed by atoms with Gasteiger partial charge in [0.1, 0.15) is 5.82 Å². The molecule has 2 saturated carbocycles. The van der Waals surface area contributed by atoms with E-state index in [1.807, 2.05) is 16.8 Å². The number of nitrogens with zero attached hydrogens (tertiary/aromatic N) is 3. The first kappa shape index (κ1) is 14.0. The van der Waals surface area contributed by atoms with Crippen LogP contribution in [0.4, 0.5) is 5.82 Å². The minimum absolute atomic E-state index is 0.338. The van der Waals surface area contributed by atoms with Crippen molar-refractivity contribution in [2.24, 2.45) is 5.73 Å². The van der Waals surface area contributed by atoms with Gasteiger partial charge in [-0.15, -0.1) is 0 Å². The van der Waals surface area contributed by atoms with Gasteiger partial charge in [0, 0.05) is 35.8 Å². The second-order valence-electron chi connectivity index (χ2n) is 6.92. The summed E-state index contributed by atoms with van der Waals surface area (Å²) in [5, 5.41) is 8.09. The predicted octanol–water partition coefficient (Wildman–Crippen LogP) is 3.07. The second-order valence-corrected chi connectivity index (χ2v) is 6.92. The molecule has 0 aliphatic heterocycles. The third kappa shape index (κ3) is 2.70. The lowest BCUT2D eigenvalue weighted by Crippen LogP contribution is -2.22. The van der Waals surface area contributed by atoms with Gasteiger partial charge in [0.15, 0.2) is 5.65 Å². The molecule has 0 radical (unpaired) electrons. The summed E-state index contributed by atoms with van der Waals surface area (Å²) >= 11 is 0. The molecule has 2 fully saturated rings. The topological polar surface area (TPSA) is 68.2 Å². The smallest absolute Gasteiger partial charge is 0.157 e. The van der Waals surface area contributed by atoms with Gasteiger partial charge in [0.25, 0.3) is 0 Å². The van der Waals surface area contributed by atoms with Gasteiger partial charge in [-0.1, -0.05) is 19.3 Å². The second kappa shape index (κ2) is 5.88. The summed E-state index contributed by atoms with van der Waals surface area (Å²) in [7, 11) is 0. The summed E-state index contributed by atoms with van der Waals surface area (Å²) in [5.41, 5.74) is 8.23. The number of anilines is 1. The van der Waals surface area contributed by atoms with Crippen LogP contribution < -0.4 is 11.1 Å². The number of hydrogen-bond donors (Lipinski definition) is 2. The number of hydrogen-bond acceptors (Lipinski definition) is 4. The molecular weight excluding hydrogens is 274 g/mol. The first-order chi connectivity index (χ1) is 10.8. The van der Waals surface area contributed by atoms with Crippen molar-refractivity contribution < 1.29 is 0 Å². The largest absolute Gasteiger partial charge is 0.367 e. The van der Waals surface area contributed by atoms with E-state index in [9.17, 15) is 0 Å². The van der Waals surface area contributed by atoms with E-state index in [4.69, 9.17) is 10.7 Å². The first-order valence-electron chi connectivity index (χ1n) is 8.66. The number of nitrogens with two attached hydrogens (primary N) is 1. The first-order valence-corrected chi connectivity index (χ1v) is 8.66. The lowest BCUT2D eigenvalue weighted by Gasteiger charge is -2.22. The highest BCUT2D eigenvalue weighted by Gasteiger charge is 2.24. The van der Waals surface area contributed by atoms with E-state index in [-0.39, 0.29) is 0 Å². The number of rotatable bonds is 3. The number of fused-ring (bicyclic) bond motifs is 1. The molecule has 2 aromatic heterocycles. The Labute approximate surface area is 131 Å². The fourth-order valence-electron chi connectivity index (χ4n) is 4.00. The third-order valence-corrected chi connectivity index (χ3v) is 5.23. The van der Waals surface area contributed by atoms with Crippen LogP contribution in [0, 0.1) is 0 Å². The molecule has 0 spiro atoms. The minimum atomic E-state index is 0.338. The van der Waals surface area contributed by atoms with Crippen LogP contribution in [-0.4, -0.2) is 26.7 Å². The Hall–Kier alpha value is -1.62. The monoisotopic (exact) mass is 299 g/mol. The van der Waals surface area contributed by atoms with E-state index in [2.05, 4.69) is 16.5 Å². The maximum atomic E-state index is 6.04. The van der Waals surface area contributed by atoms with Crippen molar-refractivity contribution in [3.8, 4) is 0 Å². The number of nitrogens with one attached hydrogen (secondary N) is 1. The van der Waals surface area contributed by atoms with E-state index in [1.54, 1.807) is 0 Å². The van der Waals surface area contributed by atoms with Crippen LogP contribution in [-0.2, 0) is 0 Å². The lowest BCUT2D eigenvalue weighted by molar-refractivity contribution is 0.437. The van der Waals surface area contributed by atoms with Gasteiger partial charge in [0.05, 0.1) is 6.20 Å². The van der Waals surface area contributed by atoms with Crippen LogP contribution in [0.1, 0.15) is 63.0 Å². The van der Waals surface area contributed by atoms with E-state index < -0.39 is 0 Å². The normalized spacial score (nSPS) is 26.6. The van der Waals surface area contributed by atoms with Gasteiger partial charge in [-0.05, 0) is 32.1 Å². The lowest BCUT2D eigenvalue weighted by atomic mass is 9.87. The van der Waals surface area contributed by atoms with Gasteiger partial charge >= 0.3 is 0 Å². The Kier molecular flexibility index (Phi) is 3.74. The molecule has 5 heteroatoms. The molecule has 22 heavy (non-hydrogen) atoms. The quantitative estimate of drug-likeness (QED) is 0.914. The molecule has 3 N–H and O–H groups in total. The maximum Gasteiger partial charge on any atom is 0.157 e. The van der Waals surface area contributed by atoms with Crippen LogP contribution in [0.25, 0.3) is 5.65 Å². The van der Waals surface area contributed by atoms with Gasteiger partial charge < -0.3 is 11.1 Å². The fraction of sp³-hybridized carbons (Fsp3) is 0.647. The molecule has 2 heterocycles. The standard InChI is InChI=1S/C17H25N5/c18-13-6-7-14(10-13)20-17-11-15(12-4-2-1-3-5-12)21-16-8-9-19-22(16)17/h8-9,11-14,20H,1-7,10,18H2/t13-,14-/m0/s1. The molecule has 5 nitrogen and oxygen atoms in total. The molecule has 0 bridgehead atoms. The zero-order chi connectivity index (χ0) is 14.9. The maximum absolute atomic E-state index is 6.04. The van der Waals surface area contributed by atoms with E-state index in [0.717, 1.165) is 30.7 Å². The highest BCUT2D eigenvalue weighted by atomic mass is 15.3. The van der Waals surface area contributed by atoms with Crippen LogP contribution in [0.2, 0.25) is 0 Å². The van der Waals surface area contributed by atoms with Crippen molar-refractivity contribution in [2.75, 3.05) is 5.32 Å². The van der Waals surface area contributed by atoms with Crippen molar-refractivity contribution in [2.45, 2.75) is 69.4 Å². The molecule has 0 aromatic carbocycles. The average molecular weight is 299 g/mol. The van der Waals surface area contributed by atoms with Crippen LogP contribution in [0.15, 0.2) is 18.3 Å². The highest BCUT2D eigenvalue weighted by molar-refractivity contribution is 5.50. The molecule has 0 unspecified atom stereocenters. The molecule has 2 aliphatic rings. The Morgan fingerprint density at radius 3 is 2.77 bits per heavy atom. The Morgan fingerprint density at radius 1 is 1.14 bits per heavy atom. The SMILES string of the molecule is N[C@H]1CC[C@H](Nc2cc(C3CCCCC3)nc3ccnn23)C1. The average Bonchev–Trinajstić information content (AvgIpc) is 3.17. The molecule has 2 aliphatic carbocycles.